The van der Waals surface area contributed by atoms with Crippen molar-refractivity contribution in [2.45, 2.75) is 19.0 Å². The van der Waals surface area contributed by atoms with Crippen molar-refractivity contribution < 1.29 is 9.59 Å². The number of hydrogen-bond donors (Lipinski definition) is 5. The Kier molecular flexibility index (Phi) is 8.50. The highest BCUT2D eigenvalue weighted by Crippen LogP contribution is 1.93. The minimum absolute atomic E-state index is 0.237. The number of amides is 2. The largest absolute Gasteiger partial charge is 0.357 e. The molecule has 1 unspecified atom stereocenters. The third-order valence-corrected chi connectivity index (χ3v) is 2.74. The van der Waals surface area contributed by atoms with Crippen LogP contribution in [-0.2, 0) is 9.59 Å². The molecular weight excluding hydrogens is 246 g/mol. The lowest BCUT2D eigenvalue weighted by Crippen LogP contribution is -2.53. The molecule has 7 heteroatoms. The maximum Gasteiger partial charge on any atom is 0.243 e. The SMILES string of the molecule is CCNC(CS)C(=O)N[C@H](CS)C(=O)NC. The van der Waals surface area contributed by atoms with Crippen molar-refractivity contribution >= 4 is 37.1 Å². The number of rotatable bonds is 7. The molecule has 0 aromatic heterocycles. The number of thiol groups is 2. The fourth-order valence-electron chi connectivity index (χ4n) is 1.13. The van der Waals surface area contributed by atoms with E-state index in [1.165, 1.54) is 7.05 Å². The van der Waals surface area contributed by atoms with Gasteiger partial charge in [0, 0.05) is 18.6 Å². The maximum absolute atomic E-state index is 11.7. The van der Waals surface area contributed by atoms with Crippen molar-refractivity contribution in [1.82, 2.24) is 16.0 Å². The standard InChI is InChI=1S/C9H19N3O2S2/c1-3-11-6(4-15)9(14)12-7(5-16)8(13)10-2/h6-7,11,15-16H,3-5H2,1-2H3,(H,10,13)(H,12,14)/t6?,7-/m1/s1. The summed E-state index contributed by atoms with van der Waals surface area (Å²) < 4.78 is 0. The average Bonchev–Trinajstić information content (AvgIpc) is 2.31. The minimum atomic E-state index is -0.609. The van der Waals surface area contributed by atoms with Crippen LogP contribution in [0.15, 0.2) is 0 Å². The van der Waals surface area contributed by atoms with Crippen LogP contribution in [0.25, 0.3) is 0 Å². The summed E-state index contributed by atoms with van der Waals surface area (Å²) >= 11 is 8.09. The zero-order valence-corrected chi connectivity index (χ0v) is 11.3. The molecule has 0 bridgehead atoms. The molecule has 0 aliphatic heterocycles. The molecule has 0 saturated heterocycles. The number of carbonyl (C=O) groups excluding carboxylic acids is 2. The fraction of sp³-hybridized carbons (Fsp3) is 0.778. The van der Waals surface area contributed by atoms with E-state index in [4.69, 9.17) is 0 Å². The van der Waals surface area contributed by atoms with Crippen molar-refractivity contribution in [3.05, 3.63) is 0 Å². The van der Waals surface area contributed by atoms with Gasteiger partial charge in [-0.15, -0.1) is 0 Å². The molecule has 0 fully saturated rings. The molecule has 0 aliphatic carbocycles. The second-order valence-corrected chi connectivity index (χ2v) is 3.88. The maximum atomic E-state index is 11.7. The molecule has 0 heterocycles. The molecule has 3 N–H and O–H groups in total. The molecule has 2 atom stereocenters. The number of likely N-dealkylation sites (N-methyl/N-ethyl adjacent to an activating group) is 2. The van der Waals surface area contributed by atoms with Crippen molar-refractivity contribution in [3.8, 4) is 0 Å². The second kappa shape index (κ2) is 8.72. The first-order valence-electron chi connectivity index (χ1n) is 5.07. The number of nitrogens with one attached hydrogen (secondary N) is 3. The van der Waals surface area contributed by atoms with Crippen LogP contribution in [0.5, 0.6) is 0 Å². The Morgan fingerprint density at radius 1 is 1.12 bits per heavy atom. The highest BCUT2D eigenvalue weighted by atomic mass is 32.1. The second-order valence-electron chi connectivity index (χ2n) is 3.15. The van der Waals surface area contributed by atoms with E-state index in [2.05, 4.69) is 41.2 Å². The molecule has 0 rings (SSSR count). The predicted molar refractivity (Wildman–Crippen MR) is 71.2 cm³/mol. The van der Waals surface area contributed by atoms with E-state index in [-0.39, 0.29) is 23.6 Å². The van der Waals surface area contributed by atoms with Crippen molar-refractivity contribution in [2.75, 3.05) is 25.1 Å². The van der Waals surface area contributed by atoms with Crippen LogP contribution in [-0.4, -0.2) is 49.0 Å². The van der Waals surface area contributed by atoms with Gasteiger partial charge in [-0.1, -0.05) is 6.92 Å². The Morgan fingerprint density at radius 2 is 1.69 bits per heavy atom. The molecule has 0 radical (unpaired) electrons. The Bertz CT molecular complexity index is 239. The summed E-state index contributed by atoms with van der Waals surface area (Å²) in [5.41, 5.74) is 0. The Hall–Kier alpha value is -0.400. The van der Waals surface area contributed by atoms with Crippen LogP contribution in [0.2, 0.25) is 0 Å². The molecule has 2 amide bonds. The van der Waals surface area contributed by atoms with Gasteiger partial charge >= 0.3 is 0 Å². The zero-order chi connectivity index (χ0) is 12.6. The van der Waals surface area contributed by atoms with Gasteiger partial charge in [0.25, 0.3) is 0 Å². The van der Waals surface area contributed by atoms with E-state index in [9.17, 15) is 9.59 Å². The molecular formula is C9H19N3O2S2. The van der Waals surface area contributed by atoms with Gasteiger partial charge < -0.3 is 16.0 Å². The molecule has 0 saturated carbocycles. The van der Waals surface area contributed by atoms with Gasteiger partial charge in [-0.05, 0) is 6.54 Å². The summed E-state index contributed by atoms with van der Waals surface area (Å²) in [4.78, 5) is 23.1. The molecule has 16 heavy (non-hydrogen) atoms. The van der Waals surface area contributed by atoms with Gasteiger partial charge in [0.05, 0.1) is 6.04 Å². The van der Waals surface area contributed by atoms with Crippen LogP contribution in [0, 0.1) is 0 Å². The molecule has 5 nitrogen and oxygen atoms in total. The molecule has 0 aromatic rings. The van der Waals surface area contributed by atoms with E-state index in [1.54, 1.807) is 0 Å². The first-order chi connectivity index (χ1) is 7.60. The summed E-state index contributed by atoms with van der Waals surface area (Å²) in [6.45, 7) is 2.57. The number of carbonyl (C=O) groups is 2. The molecule has 94 valence electrons. The fourth-order valence-corrected chi connectivity index (χ4v) is 1.68. The summed E-state index contributed by atoms with van der Waals surface area (Å²) in [5.74, 6) is 0.154. The van der Waals surface area contributed by atoms with Crippen LogP contribution in [0.4, 0.5) is 0 Å². The highest BCUT2D eigenvalue weighted by Gasteiger charge is 2.22. The van der Waals surface area contributed by atoms with Gasteiger partial charge in [0.1, 0.15) is 6.04 Å². The Balaban J connectivity index is 4.32. The van der Waals surface area contributed by atoms with Crippen molar-refractivity contribution in [3.63, 3.8) is 0 Å². The molecule has 0 aromatic carbocycles. The Morgan fingerprint density at radius 3 is 2.06 bits per heavy atom. The lowest BCUT2D eigenvalue weighted by atomic mass is 10.2. The summed E-state index contributed by atoms with van der Waals surface area (Å²) in [6.07, 6.45) is 0. The van der Waals surface area contributed by atoms with Crippen LogP contribution in [0.1, 0.15) is 6.92 Å². The van der Waals surface area contributed by atoms with E-state index in [0.29, 0.717) is 12.3 Å². The lowest BCUT2D eigenvalue weighted by molar-refractivity contribution is -0.128. The van der Waals surface area contributed by atoms with Gasteiger partial charge in [0.2, 0.25) is 11.8 Å². The van der Waals surface area contributed by atoms with Crippen molar-refractivity contribution in [2.24, 2.45) is 0 Å². The third kappa shape index (κ3) is 5.09. The van der Waals surface area contributed by atoms with Crippen LogP contribution >= 0.6 is 25.3 Å². The van der Waals surface area contributed by atoms with Gasteiger partial charge in [-0.2, -0.15) is 25.3 Å². The van der Waals surface area contributed by atoms with E-state index < -0.39 is 6.04 Å². The van der Waals surface area contributed by atoms with E-state index in [0.717, 1.165) is 0 Å². The predicted octanol–water partition coefficient (Wildman–Crippen LogP) is -0.945. The third-order valence-electron chi connectivity index (χ3n) is 2.01. The first kappa shape index (κ1) is 15.6. The zero-order valence-electron chi connectivity index (χ0n) is 9.49. The monoisotopic (exact) mass is 265 g/mol. The van der Waals surface area contributed by atoms with Gasteiger partial charge in [-0.25, -0.2) is 0 Å². The average molecular weight is 265 g/mol. The minimum Gasteiger partial charge on any atom is -0.357 e. The quantitative estimate of drug-likeness (QED) is 0.386. The number of hydrogen-bond acceptors (Lipinski definition) is 5. The van der Waals surface area contributed by atoms with E-state index >= 15 is 0 Å². The van der Waals surface area contributed by atoms with Crippen molar-refractivity contribution in [1.29, 1.82) is 0 Å². The van der Waals surface area contributed by atoms with Gasteiger partial charge in [-0.3, -0.25) is 9.59 Å². The summed E-state index contributed by atoms with van der Waals surface area (Å²) in [6, 6.07) is -0.998. The lowest BCUT2D eigenvalue weighted by Gasteiger charge is -2.19. The van der Waals surface area contributed by atoms with Crippen LogP contribution < -0.4 is 16.0 Å². The highest BCUT2D eigenvalue weighted by molar-refractivity contribution is 7.80. The normalized spacial score (nSPS) is 14.0. The topological polar surface area (TPSA) is 70.2 Å². The van der Waals surface area contributed by atoms with Crippen LogP contribution in [0.3, 0.4) is 0 Å². The molecule has 0 aliphatic rings. The van der Waals surface area contributed by atoms with Gasteiger partial charge in [0.15, 0.2) is 0 Å². The first-order valence-corrected chi connectivity index (χ1v) is 6.34. The Labute approximate surface area is 107 Å². The summed E-state index contributed by atoms with van der Waals surface area (Å²) in [7, 11) is 1.52. The summed E-state index contributed by atoms with van der Waals surface area (Å²) in [5, 5.41) is 8.06. The van der Waals surface area contributed by atoms with E-state index in [1.807, 2.05) is 6.92 Å². The smallest absolute Gasteiger partial charge is 0.243 e. The molecule has 0 spiro atoms.